The van der Waals surface area contributed by atoms with E-state index >= 15 is 0 Å². The summed E-state index contributed by atoms with van der Waals surface area (Å²) in [5, 5.41) is 0. The molecule has 154 valence electrons. The van der Waals surface area contributed by atoms with Crippen molar-refractivity contribution in [3.8, 4) is 0 Å². The van der Waals surface area contributed by atoms with E-state index in [-0.39, 0.29) is 17.6 Å². The Bertz CT molecular complexity index is 836. The normalized spacial score (nSPS) is 18.2. The van der Waals surface area contributed by atoms with Gasteiger partial charge in [0.15, 0.2) is 0 Å². The largest absolute Gasteiger partial charge is 0.368 e. The molecule has 0 bridgehead atoms. The van der Waals surface area contributed by atoms with Crippen LogP contribution in [0.4, 0.5) is 16.0 Å². The van der Waals surface area contributed by atoms with Crippen LogP contribution in [0, 0.1) is 25.6 Å². The van der Waals surface area contributed by atoms with Crippen molar-refractivity contribution < 1.29 is 9.18 Å². The molecule has 1 aromatic heterocycles. The lowest BCUT2D eigenvalue weighted by atomic mass is 9.95. The fourth-order valence-corrected chi connectivity index (χ4v) is 4.27. The molecule has 7 heteroatoms. The highest BCUT2D eigenvalue weighted by Gasteiger charge is 2.31. The molecule has 2 fully saturated rings. The lowest BCUT2D eigenvalue weighted by Gasteiger charge is -2.39. The smallest absolute Gasteiger partial charge is 0.225 e. The van der Waals surface area contributed by atoms with E-state index < -0.39 is 0 Å². The summed E-state index contributed by atoms with van der Waals surface area (Å²) in [6, 6.07) is 8.56. The summed E-state index contributed by atoms with van der Waals surface area (Å²) in [6.45, 7) is 8.61. The van der Waals surface area contributed by atoms with Gasteiger partial charge in [-0.1, -0.05) is 0 Å². The molecule has 0 unspecified atom stereocenters. The monoisotopic (exact) mass is 397 g/mol. The second kappa shape index (κ2) is 8.35. The van der Waals surface area contributed by atoms with E-state index in [4.69, 9.17) is 0 Å². The number of piperazine rings is 1. The van der Waals surface area contributed by atoms with E-state index in [1.54, 1.807) is 12.1 Å². The minimum atomic E-state index is -0.222. The zero-order chi connectivity index (χ0) is 20.4. The molecule has 4 rings (SSSR count). The van der Waals surface area contributed by atoms with Crippen LogP contribution in [-0.4, -0.2) is 60.0 Å². The van der Waals surface area contributed by atoms with Gasteiger partial charge in [-0.15, -0.1) is 0 Å². The van der Waals surface area contributed by atoms with E-state index in [9.17, 15) is 9.18 Å². The van der Waals surface area contributed by atoms with Gasteiger partial charge in [0.25, 0.3) is 0 Å². The first kappa shape index (κ1) is 19.6. The van der Waals surface area contributed by atoms with Crippen molar-refractivity contribution in [3.63, 3.8) is 0 Å². The molecule has 1 amide bonds. The highest BCUT2D eigenvalue weighted by molar-refractivity contribution is 5.79. The lowest BCUT2D eigenvalue weighted by Crippen LogP contribution is -2.51. The molecule has 3 heterocycles. The summed E-state index contributed by atoms with van der Waals surface area (Å²) in [6.07, 6.45) is 1.68. The first-order valence-corrected chi connectivity index (χ1v) is 10.4. The maximum atomic E-state index is 13.1. The number of piperidine rings is 1. The quantitative estimate of drug-likeness (QED) is 0.797. The second-order valence-electron chi connectivity index (χ2n) is 8.00. The first-order chi connectivity index (χ1) is 14.0. The molecule has 0 spiro atoms. The van der Waals surface area contributed by atoms with Crippen LogP contribution >= 0.6 is 0 Å². The lowest BCUT2D eigenvalue weighted by molar-refractivity contribution is -0.136. The van der Waals surface area contributed by atoms with Crippen molar-refractivity contribution in [2.45, 2.75) is 26.7 Å². The molecular formula is C22H28FN5O. The SMILES string of the molecule is Cc1cc(C)nc(N2CCC(C(=O)N3CCN(c4ccc(F)cc4)CC3)CC2)n1. The molecule has 6 nitrogen and oxygen atoms in total. The standard InChI is InChI=1S/C22H28FN5O/c1-16-15-17(2)25-22(24-16)28-9-7-18(8-10-28)21(29)27-13-11-26(12-14-27)20-5-3-19(23)4-6-20/h3-6,15,18H,7-14H2,1-2H3. The van der Waals surface area contributed by atoms with Gasteiger partial charge in [-0.25, -0.2) is 14.4 Å². The molecule has 2 aliphatic heterocycles. The Balaban J connectivity index is 1.29. The Morgan fingerprint density at radius 1 is 0.897 bits per heavy atom. The zero-order valence-electron chi connectivity index (χ0n) is 17.1. The maximum Gasteiger partial charge on any atom is 0.225 e. The number of benzene rings is 1. The van der Waals surface area contributed by atoms with Gasteiger partial charge < -0.3 is 14.7 Å². The van der Waals surface area contributed by atoms with Gasteiger partial charge in [-0.3, -0.25) is 4.79 Å². The summed E-state index contributed by atoms with van der Waals surface area (Å²) in [5.74, 6) is 0.903. The Morgan fingerprint density at radius 3 is 2.07 bits per heavy atom. The fraction of sp³-hybridized carbons (Fsp3) is 0.500. The molecular weight excluding hydrogens is 369 g/mol. The molecule has 2 aliphatic rings. The zero-order valence-corrected chi connectivity index (χ0v) is 17.1. The summed E-state index contributed by atoms with van der Waals surface area (Å²) < 4.78 is 13.1. The Kier molecular flexibility index (Phi) is 5.65. The first-order valence-electron chi connectivity index (χ1n) is 10.4. The number of anilines is 2. The predicted octanol–water partition coefficient (Wildman–Crippen LogP) is 2.80. The molecule has 0 aliphatic carbocycles. The van der Waals surface area contributed by atoms with Crippen molar-refractivity contribution in [1.82, 2.24) is 14.9 Å². The van der Waals surface area contributed by atoms with E-state index in [0.29, 0.717) is 0 Å². The number of aromatic nitrogens is 2. The third kappa shape index (κ3) is 4.49. The number of amides is 1. The van der Waals surface area contributed by atoms with Crippen LogP contribution < -0.4 is 9.80 Å². The minimum Gasteiger partial charge on any atom is -0.368 e. The van der Waals surface area contributed by atoms with Crippen molar-refractivity contribution in [2.24, 2.45) is 5.92 Å². The fourth-order valence-electron chi connectivity index (χ4n) is 4.27. The van der Waals surface area contributed by atoms with E-state index in [0.717, 1.165) is 75.1 Å². The van der Waals surface area contributed by atoms with E-state index in [2.05, 4.69) is 19.8 Å². The molecule has 0 saturated carbocycles. The van der Waals surface area contributed by atoms with Crippen LogP contribution in [0.3, 0.4) is 0 Å². The van der Waals surface area contributed by atoms with E-state index in [1.807, 2.05) is 24.8 Å². The third-order valence-electron chi connectivity index (χ3n) is 5.88. The number of aryl methyl sites for hydroxylation is 2. The van der Waals surface area contributed by atoms with Crippen LogP contribution in [0.2, 0.25) is 0 Å². The van der Waals surface area contributed by atoms with Crippen LogP contribution in [0.25, 0.3) is 0 Å². The van der Waals surface area contributed by atoms with Crippen molar-refractivity contribution in [2.75, 3.05) is 49.1 Å². The van der Waals surface area contributed by atoms with Gasteiger partial charge in [0.2, 0.25) is 11.9 Å². The van der Waals surface area contributed by atoms with Gasteiger partial charge in [0.05, 0.1) is 0 Å². The molecule has 2 saturated heterocycles. The topological polar surface area (TPSA) is 52.6 Å². The maximum absolute atomic E-state index is 13.1. The molecule has 1 aromatic carbocycles. The summed E-state index contributed by atoms with van der Waals surface area (Å²) in [4.78, 5) is 28.5. The molecule has 29 heavy (non-hydrogen) atoms. The highest BCUT2D eigenvalue weighted by Crippen LogP contribution is 2.24. The summed E-state index contributed by atoms with van der Waals surface area (Å²) >= 11 is 0. The van der Waals surface area contributed by atoms with Crippen molar-refractivity contribution in [3.05, 3.63) is 47.5 Å². The second-order valence-corrected chi connectivity index (χ2v) is 8.00. The Morgan fingerprint density at radius 2 is 1.48 bits per heavy atom. The average molecular weight is 397 g/mol. The van der Waals surface area contributed by atoms with Crippen molar-refractivity contribution in [1.29, 1.82) is 0 Å². The number of carbonyl (C=O) groups excluding carboxylic acids is 1. The van der Waals surface area contributed by atoms with Gasteiger partial charge in [0.1, 0.15) is 5.82 Å². The third-order valence-corrected chi connectivity index (χ3v) is 5.88. The van der Waals surface area contributed by atoms with Crippen LogP contribution in [0.1, 0.15) is 24.2 Å². The van der Waals surface area contributed by atoms with Crippen LogP contribution in [-0.2, 0) is 4.79 Å². The molecule has 0 atom stereocenters. The molecule has 2 aromatic rings. The molecule has 0 N–H and O–H groups in total. The van der Waals surface area contributed by atoms with Gasteiger partial charge in [0, 0.05) is 62.3 Å². The highest BCUT2D eigenvalue weighted by atomic mass is 19.1. The number of nitrogens with zero attached hydrogens (tertiary/aromatic N) is 5. The van der Waals surface area contributed by atoms with Gasteiger partial charge in [-0.2, -0.15) is 0 Å². The Hall–Kier alpha value is -2.70. The number of halogens is 1. The van der Waals surface area contributed by atoms with Crippen LogP contribution in [0.15, 0.2) is 30.3 Å². The molecule has 0 radical (unpaired) electrons. The number of rotatable bonds is 3. The minimum absolute atomic E-state index is 0.0783. The number of hydrogen-bond donors (Lipinski definition) is 0. The van der Waals surface area contributed by atoms with Gasteiger partial charge >= 0.3 is 0 Å². The van der Waals surface area contributed by atoms with Gasteiger partial charge in [-0.05, 0) is 57.0 Å². The number of carbonyl (C=O) groups is 1. The average Bonchev–Trinajstić information content (AvgIpc) is 2.73. The Labute approximate surface area is 171 Å². The van der Waals surface area contributed by atoms with Crippen LogP contribution in [0.5, 0.6) is 0 Å². The van der Waals surface area contributed by atoms with Crippen molar-refractivity contribution >= 4 is 17.5 Å². The van der Waals surface area contributed by atoms with E-state index in [1.165, 1.54) is 12.1 Å². The predicted molar refractivity (Wildman–Crippen MR) is 112 cm³/mol. The summed E-state index contributed by atoms with van der Waals surface area (Å²) in [7, 11) is 0. The number of hydrogen-bond acceptors (Lipinski definition) is 5. The summed E-state index contributed by atoms with van der Waals surface area (Å²) in [5.41, 5.74) is 2.97.